The Balaban J connectivity index is 1.42. The summed E-state index contributed by atoms with van der Waals surface area (Å²) in [5.41, 5.74) is 2.70. The molecule has 3 aromatic rings. The number of sulfonamides is 1. The summed E-state index contributed by atoms with van der Waals surface area (Å²) in [5.74, 6) is -0.260. The number of nitrogens with one attached hydrogen (secondary N) is 1. The zero-order valence-corrected chi connectivity index (χ0v) is 18.6. The molecule has 0 radical (unpaired) electrons. The predicted octanol–water partition coefficient (Wildman–Crippen LogP) is 3.60. The van der Waals surface area contributed by atoms with Gasteiger partial charge in [-0.3, -0.25) is 9.10 Å². The fourth-order valence-corrected chi connectivity index (χ4v) is 4.71. The largest absolute Gasteiger partial charge is 0.378 e. The van der Waals surface area contributed by atoms with E-state index < -0.39 is 10.0 Å². The molecule has 0 bridgehead atoms. The van der Waals surface area contributed by atoms with Crippen molar-refractivity contribution in [1.29, 1.82) is 0 Å². The predicted molar refractivity (Wildman–Crippen MR) is 126 cm³/mol. The lowest BCUT2D eigenvalue weighted by molar-refractivity contribution is 0.102. The molecule has 1 amide bonds. The van der Waals surface area contributed by atoms with Crippen molar-refractivity contribution in [3.05, 3.63) is 84.4 Å². The summed E-state index contributed by atoms with van der Waals surface area (Å²) < 4.78 is 32.1. The lowest BCUT2D eigenvalue weighted by atomic mass is 10.2. The van der Waals surface area contributed by atoms with E-state index in [1.165, 1.54) is 11.4 Å². The van der Waals surface area contributed by atoms with Gasteiger partial charge in [-0.25, -0.2) is 8.42 Å². The van der Waals surface area contributed by atoms with Gasteiger partial charge < -0.3 is 15.0 Å². The molecular formula is C24H25N3O4S. The normalized spacial score (nSPS) is 14.1. The van der Waals surface area contributed by atoms with Gasteiger partial charge in [-0.15, -0.1) is 0 Å². The van der Waals surface area contributed by atoms with Gasteiger partial charge in [-0.05, 0) is 60.7 Å². The lowest BCUT2D eigenvalue weighted by Crippen LogP contribution is -2.36. The Hall–Kier alpha value is -3.36. The Morgan fingerprint density at radius 2 is 1.53 bits per heavy atom. The first-order valence-electron chi connectivity index (χ1n) is 10.3. The highest BCUT2D eigenvalue weighted by Gasteiger charge is 2.21. The maximum atomic E-state index is 12.8. The van der Waals surface area contributed by atoms with E-state index in [2.05, 4.69) is 10.2 Å². The van der Waals surface area contributed by atoms with Crippen molar-refractivity contribution in [2.24, 2.45) is 0 Å². The zero-order valence-electron chi connectivity index (χ0n) is 17.8. The number of carbonyl (C=O) groups excluding carboxylic acids is 1. The van der Waals surface area contributed by atoms with Crippen LogP contribution in [0.1, 0.15) is 10.4 Å². The van der Waals surface area contributed by atoms with Gasteiger partial charge in [0.25, 0.3) is 15.9 Å². The number of hydrogen-bond donors (Lipinski definition) is 1. The fraction of sp³-hybridized carbons (Fsp3) is 0.208. The highest BCUT2D eigenvalue weighted by Crippen LogP contribution is 2.23. The van der Waals surface area contributed by atoms with E-state index >= 15 is 0 Å². The summed E-state index contributed by atoms with van der Waals surface area (Å²) in [7, 11) is -2.17. The molecule has 0 atom stereocenters. The molecular weight excluding hydrogens is 426 g/mol. The van der Waals surface area contributed by atoms with Crippen LogP contribution < -0.4 is 14.5 Å². The van der Waals surface area contributed by atoms with E-state index in [0.717, 1.165) is 32.0 Å². The Bertz CT molecular complexity index is 1160. The first kappa shape index (κ1) is 21.9. The number of hydrogen-bond acceptors (Lipinski definition) is 5. The molecule has 0 spiro atoms. The van der Waals surface area contributed by atoms with Crippen LogP contribution in [0.3, 0.4) is 0 Å². The summed E-state index contributed by atoms with van der Waals surface area (Å²) in [6, 6.07) is 22.4. The molecule has 1 aliphatic rings. The van der Waals surface area contributed by atoms with Gasteiger partial charge in [-0.2, -0.15) is 0 Å². The molecule has 3 aromatic carbocycles. The maximum absolute atomic E-state index is 12.8. The minimum Gasteiger partial charge on any atom is -0.378 e. The van der Waals surface area contributed by atoms with Gasteiger partial charge in [0, 0.05) is 37.1 Å². The molecule has 1 N–H and O–H groups in total. The number of anilines is 3. The Kier molecular flexibility index (Phi) is 6.43. The summed E-state index contributed by atoms with van der Waals surface area (Å²) in [4.78, 5) is 15.1. The maximum Gasteiger partial charge on any atom is 0.264 e. The number of morpholine rings is 1. The third kappa shape index (κ3) is 4.76. The SMILES string of the molecule is CN(c1ccc(C(=O)Nc2ccc(N3CCOCC3)cc2)cc1)S(=O)(=O)c1ccccc1. The molecule has 0 unspecified atom stereocenters. The highest BCUT2D eigenvalue weighted by molar-refractivity contribution is 7.92. The summed E-state index contributed by atoms with van der Waals surface area (Å²) in [6.45, 7) is 3.14. The number of benzene rings is 3. The molecule has 1 heterocycles. The van der Waals surface area contributed by atoms with Crippen molar-refractivity contribution in [2.45, 2.75) is 4.90 Å². The summed E-state index contributed by atoms with van der Waals surface area (Å²) >= 11 is 0. The van der Waals surface area contributed by atoms with Crippen LogP contribution >= 0.6 is 0 Å². The molecule has 0 saturated carbocycles. The molecule has 0 aliphatic carbocycles. The number of ether oxygens (including phenoxy) is 1. The Labute approximate surface area is 188 Å². The van der Waals surface area contributed by atoms with E-state index in [4.69, 9.17) is 4.74 Å². The second-order valence-corrected chi connectivity index (χ2v) is 9.40. The molecule has 7 nitrogen and oxygen atoms in total. The molecule has 1 fully saturated rings. The third-order valence-corrected chi connectivity index (χ3v) is 7.20. The van der Waals surface area contributed by atoms with Crippen molar-refractivity contribution < 1.29 is 17.9 Å². The Morgan fingerprint density at radius 1 is 0.906 bits per heavy atom. The zero-order chi connectivity index (χ0) is 22.6. The van der Waals surface area contributed by atoms with Crippen molar-refractivity contribution in [1.82, 2.24) is 0 Å². The van der Waals surface area contributed by atoms with Gasteiger partial charge >= 0.3 is 0 Å². The van der Waals surface area contributed by atoms with Crippen LogP contribution in [0.5, 0.6) is 0 Å². The fourth-order valence-electron chi connectivity index (χ4n) is 3.49. The molecule has 8 heteroatoms. The molecule has 4 rings (SSSR count). The molecule has 32 heavy (non-hydrogen) atoms. The second-order valence-electron chi connectivity index (χ2n) is 7.43. The quantitative estimate of drug-likeness (QED) is 0.620. The van der Waals surface area contributed by atoms with Gasteiger partial charge in [-0.1, -0.05) is 18.2 Å². The third-order valence-electron chi connectivity index (χ3n) is 5.40. The minimum atomic E-state index is -3.67. The van der Waals surface area contributed by atoms with Gasteiger partial charge in [0.1, 0.15) is 0 Å². The number of rotatable bonds is 6. The Morgan fingerprint density at radius 3 is 2.16 bits per heavy atom. The van der Waals surface area contributed by atoms with Crippen LogP contribution in [0.25, 0.3) is 0 Å². The van der Waals surface area contributed by atoms with Crippen molar-refractivity contribution in [2.75, 3.05) is 47.9 Å². The number of carbonyl (C=O) groups is 1. The topological polar surface area (TPSA) is 79.0 Å². The molecule has 166 valence electrons. The van der Waals surface area contributed by atoms with Gasteiger partial charge in [0.2, 0.25) is 0 Å². The average Bonchev–Trinajstić information content (AvgIpc) is 2.85. The van der Waals surface area contributed by atoms with Crippen LogP contribution in [0, 0.1) is 0 Å². The van der Waals surface area contributed by atoms with E-state index in [9.17, 15) is 13.2 Å². The van der Waals surface area contributed by atoms with Crippen molar-refractivity contribution in [3.8, 4) is 0 Å². The van der Waals surface area contributed by atoms with Crippen molar-refractivity contribution in [3.63, 3.8) is 0 Å². The smallest absolute Gasteiger partial charge is 0.264 e. The standard InChI is InChI=1S/C24H25N3O4S/c1-26(32(29,30)23-5-3-2-4-6-23)21-11-7-19(8-12-21)24(28)25-20-9-13-22(14-10-20)27-15-17-31-18-16-27/h2-14H,15-18H2,1H3,(H,25,28). The average molecular weight is 452 g/mol. The number of nitrogens with zero attached hydrogens (tertiary/aromatic N) is 2. The molecule has 1 saturated heterocycles. The summed E-state index contributed by atoms with van der Waals surface area (Å²) in [5, 5.41) is 2.88. The summed E-state index contributed by atoms with van der Waals surface area (Å²) in [6.07, 6.45) is 0. The van der Waals surface area contributed by atoms with Crippen LogP contribution in [0.15, 0.2) is 83.8 Å². The van der Waals surface area contributed by atoms with E-state index in [-0.39, 0.29) is 10.8 Å². The van der Waals surface area contributed by atoms with Crippen LogP contribution in [0.4, 0.5) is 17.1 Å². The van der Waals surface area contributed by atoms with E-state index in [1.54, 1.807) is 54.6 Å². The highest BCUT2D eigenvalue weighted by atomic mass is 32.2. The van der Waals surface area contributed by atoms with Gasteiger partial charge in [0.15, 0.2) is 0 Å². The monoisotopic (exact) mass is 451 g/mol. The van der Waals surface area contributed by atoms with Gasteiger partial charge in [0.05, 0.1) is 23.8 Å². The van der Waals surface area contributed by atoms with E-state index in [0.29, 0.717) is 16.9 Å². The van der Waals surface area contributed by atoms with E-state index in [1.807, 2.05) is 24.3 Å². The molecule has 0 aromatic heterocycles. The van der Waals surface area contributed by atoms with Crippen molar-refractivity contribution >= 4 is 33.0 Å². The van der Waals surface area contributed by atoms with Crippen LogP contribution in [-0.4, -0.2) is 47.7 Å². The number of amides is 1. The van der Waals surface area contributed by atoms with Crippen LogP contribution in [0.2, 0.25) is 0 Å². The minimum absolute atomic E-state index is 0.213. The lowest BCUT2D eigenvalue weighted by Gasteiger charge is -2.28. The van der Waals surface area contributed by atoms with Crippen LogP contribution in [-0.2, 0) is 14.8 Å². The first-order valence-corrected chi connectivity index (χ1v) is 11.8. The first-order chi connectivity index (χ1) is 15.4. The second kappa shape index (κ2) is 9.42. The molecule has 1 aliphatic heterocycles.